The van der Waals surface area contributed by atoms with Crippen molar-refractivity contribution in [2.45, 2.75) is 6.92 Å². The summed E-state index contributed by atoms with van der Waals surface area (Å²) >= 11 is 11.9. The minimum Gasteiger partial charge on any atom is -0.322 e. The summed E-state index contributed by atoms with van der Waals surface area (Å²) in [5.74, 6) is -0.444. The third kappa shape index (κ3) is 3.18. The Morgan fingerprint density at radius 2 is 1.75 bits per heavy atom. The van der Waals surface area contributed by atoms with Crippen molar-refractivity contribution in [1.82, 2.24) is 0 Å². The molecule has 1 amide bonds. The molecule has 1 N–H and O–H groups in total. The van der Waals surface area contributed by atoms with Gasteiger partial charge in [0.2, 0.25) is 0 Å². The van der Waals surface area contributed by atoms with E-state index in [2.05, 4.69) is 5.32 Å². The predicted molar refractivity (Wildman–Crippen MR) is 80.9 cm³/mol. The fraction of sp³-hybridized carbons (Fsp3) is 0.0667. The van der Waals surface area contributed by atoms with E-state index >= 15 is 0 Å². The molecule has 0 saturated heterocycles. The zero-order chi connectivity index (χ0) is 14.7. The van der Waals surface area contributed by atoms with Crippen LogP contribution in [-0.4, -0.2) is 11.7 Å². The summed E-state index contributed by atoms with van der Waals surface area (Å²) in [6, 6.07) is 11.5. The second-order valence-electron chi connectivity index (χ2n) is 4.19. The lowest BCUT2D eigenvalue weighted by Gasteiger charge is -2.08. The molecule has 20 heavy (non-hydrogen) atoms. The number of anilines is 1. The van der Waals surface area contributed by atoms with Crippen LogP contribution in [0.5, 0.6) is 0 Å². The lowest BCUT2D eigenvalue weighted by molar-refractivity contribution is 0.101. The van der Waals surface area contributed by atoms with Gasteiger partial charge in [-0.3, -0.25) is 9.59 Å². The molecule has 2 aromatic carbocycles. The average Bonchev–Trinajstić information content (AvgIpc) is 2.42. The normalized spacial score (nSPS) is 10.2. The maximum Gasteiger partial charge on any atom is 0.257 e. The Hall–Kier alpha value is -1.84. The van der Waals surface area contributed by atoms with Crippen LogP contribution in [0, 0.1) is 0 Å². The molecule has 0 saturated carbocycles. The van der Waals surface area contributed by atoms with Crippen molar-refractivity contribution in [2.75, 3.05) is 5.32 Å². The summed E-state index contributed by atoms with van der Waals surface area (Å²) < 4.78 is 0. The van der Waals surface area contributed by atoms with Gasteiger partial charge in [0.25, 0.3) is 5.91 Å². The highest BCUT2D eigenvalue weighted by Gasteiger charge is 2.13. The number of hydrogen-bond acceptors (Lipinski definition) is 2. The Morgan fingerprint density at radius 3 is 2.45 bits per heavy atom. The quantitative estimate of drug-likeness (QED) is 0.852. The molecular weight excluding hydrogens is 297 g/mol. The van der Waals surface area contributed by atoms with Crippen LogP contribution in [-0.2, 0) is 0 Å². The molecule has 0 aromatic heterocycles. The first kappa shape index (κ1) is 14.6. The van der Waals surface area contributed by atoms with Crippen LogP contribution in [0.2, 0.25) is 10.0 Å². The number of nitrogens with one attached hydrogen (secondary N) is 1. The zero-order valence-corrected chi connectivity index (χ0v) is 12.1. The number of halogens is 2. The number of Topliss-reactive ketones (excluding diaryl/α,β-unsaturated/α-hetero) is 1. The van der Waals surface area contributed by atoms with Gasteiger partial charge < -0.3 is 5.32 Å². The second-order valence-corrected chi connectivity index (χ2v) is 4.98. The first-order chi connectivity index (χ1) is 9.49. The number of carbonyl (C=O) groups excluding carboxylic acids is 2. The van der Waals surface area contributed by atoms with Crippen molar-refractivity contribution in [1.29, 1.82) is 0 Å². The van der Waals surface area contributed by atoms with Crippen LogP contribution >= 0.6 is 23.2 Å². The monoisotopic (exact) mass is 307 g/mol. The van der Waals surface area contributed by atoms with Crippen LogP contribution in [0.4, 0.5) is 5.69 Å². The number of benzene rings is 2. The molecule has 0 spiro atoms. The largest absolute Gasteiger partial charge is 0.322 e. The number of ketones is 1. The lowest BCUT2D eigenvalue weighted by Crippen LogP contribution is -2.12. The van der Waals surface area contributed by atoms with Gasteiger partial charge in [0, 0.05) is 11.3 Å². The van der Waals surface area contributed by atoms with Crippen molar-refractivity contribution in [3.63, 3.8) is 0 Å². The van der Waals surface area contributed by atoms with Crippen molar-refractivity contribution in [3.05, 3.63) is 63.6 Å². The van der Waals surface area contributed by atoms with E-state index < -0.39 is 0 Å². The summed E-state index contributed by atoms with van der Waals surface area (Å²) in [5, 5.41) is 3.21. The Kier molecular flexibility index (Phi) is 4.42. The second kappa shape index (κ2) is 6.07. The average molecular weight is 308 g/mol. The maximum atomic E-state index is 12.1. The molecule has 0 bridgehead atoms. The molecule has 0 unspecified atom stereocenters. The molecule has 0 aliphatic rings. The molecule has 102 valence electrons. The van der Waals surface area contributed by atoms with Gasteiger partial charge in [0.05, 0.1) is 15.6 Å². The number of rotatable bonds is 3. The zero-order valence-electron chi connectivity index (χ0n) is 10.6. The summed E-state index contributed by atoms with van der Waals surface area (Å²) in [5.41, 5.74) is 1.34. The number of hydrogen-bond donors (Lipinski definition) is 1. The van der Waals surface area contributed by atoms with Gasteiger partial charge in [-0.15, -0.1) is 0 Å². The number of carbonyl (C=O) groups is 2. The molecule has 0 fully saturated rings. The highest BCUT2D eigenvalue weighted by molar-refractivity contribution is 6.44. The lowest BCUT2D eigenvalue weighted by atomic mass is 10.1. The molecule has 3 nitrogen and oxygen atoms in total. The number of amides is 1. The molecule has 0 radical (unpaired) electrons. The molecule has 0 heterocycles. The van der Waals surface area contributed by atoms with Crippen LogP contribution in [0.15, 0.2) is 42.5 Å². The first-order valence-corrected chi connectivity index (χ1v) is 6.61. The summed E-state index contributed by atoms with van der Waals surface area (Å²) in [4.78, 5) is 23.4. The smallest absolute Gasteiger partial charge is 0.257 e. The van der Waals surface area contributed by atoms with Crippen LogP contribution in [0.25, 0.3) is 0 Å². The van der Waals surface area contributed by atoms with E-state index in [4.69, 9.17) is 23.2 Å². The molecule has 2 rings (SSSR count). The Bertz CT molecular complexity index is 683. The molecule has 0 aliphatic heterocycles. The van der Waals surface area contributed by atoms with Crippen molar-refractivity contribution < 1.29 is 9.59 Å². The predicted octanol–water partition coefficient (Wildman–Crippen LogP) is 4.45. The van der Waals surface area contributed by atoms with Gasteiger partial charge in [-0.05, 0) is 31.2 Å². The standard InChI is InChI=1S/C15H11Cl2NO2/c1-9(19)10-4-2-5-11(8-10)18-15(20)12-6-3-7-13(16)14(12)17/h2-8H,1H3,(H,18,20). The minimum atomic E-state index is -0.377. The van der Waals surface area contributed by atoms with E-state index in [1.165, 1.54) is 6.92 Å². The molecule has 0 atom stereocenters. The molecule has 2 aromatic rings. The van der Waals surface area contributed by atoms with E-state index in [-0.39, 0.29) is 22.3 Å². The van der Waals surface area contributed by atoms with Gasteiger partial charge in [-0.25, -0.2) is 0 Å². The summed E-state index contributed by atoms with van der Waals surface area (Å²) in [7, 11) is 0. The Morgan fingerprint density at radius 1 is 1.05 bits per heavy atom. The van der Waals surface area contributed by atoms with E-state index in [0.717, 1.165) is 0 Å². The fourth-order valence-electron chi connectivity index (χ4n) is 1.69. The van der Waals surface area contributed by atoms with Gasteiger partial charge in [-0.2, -0.15) is 0 Å². The SMILES string of the molecule is CC(=O)c1cccc(NC(=O)c2cccc(Cl)c2Cl)c1. The van der Waals surface area contributed by atoms with Gasteiger partial charge in [0.15, 0.2) is 5.78 Å². The van der Waals surface area contributed by atoms with E-state index in [1.807, 2.05) is 0 Å². The van der Waals surface area contributed by atoms with E-state index in [1.54, 1.807) is 42.5 Å². The molecule has 5 heteroatoms. The maximum absolute atomic E-state index is 12.1. The summed E-state index contributed by atoms with van der Waals surface area (Å²) in [6.45, 7) is 1.47. The fourth-order valence-corrected chi connectivity index (χ4v) is 2.08. The Labute approximate surface area is 126 Å². The van der Waals surface area contributed by atoms with Crippen LogP contribution in [0.3, 0.4) is 0 Å². The van der Waals surface area contributed by atoms with Crippen LogP contribution < -0.4 is 5.32 Å². The van der Waals surface area contributed by atoms with E-state index in [0.29, 0.717) is 16.3 Å². The van der Waals surface area contributed by atoms with Crippen molar-refractivity contribution >= 4 is 40.6 Å². The summed E-state index contributed by atoms with van der Waals surface area (Å²) in [6.07, 6.45) is 0. The third-order valence-electron chi connectivity index (χ3n) is 2.72. The molecular formula is C15H11Cl2NO2. The van der Waals surface area contributed by atoms with Gasteiger partial charge in [0.1, 0.15) is 0 Å². The van der Waals surface area contributed by atoms with Gasteiger partial charge >= 0.3 is 0 Å². The van der Waals surface area contributed by atoms with Gasteiger partial charge in [-0.1, -0.05) is 41.4 Å². The highest BCUT2D eigenvalue weighted by Crippen LogP contribution is 2.26. The highest BCUT2D eigenvalue weighted by atomic mass is 35.5. The van der Waals surface area contributed by atoms with E-state index in [9.17, 15) is 9.59 Å². The minimum absolute atomic E-state index is 0.0677. The van der Waals surface area contributed by atoms with Crippen molar-refractivity contribution in [3.8, 4) is 0 Å². The van der Waals surface area contributed by atoms with Crippen LogP contribution in [0.1, 0.15) is 27.6 Å². The molecule has 0 aliphatic carbocycles. The van der Waals surface area contributed by atoms with Crippen molar-refractivity contribution in [2.24, 2.45) is 0 Å². The topological polar surface area (TPSA) is 46.2 Å². The third-order valence-corrected chi connectivity index (χ3v) is 3.54. The Balaban J connectivity index is 2.26. The first-order valence-electron chi connectivity index (χ1n) is 5.85.